The third kappa shape index (κ3) is 15.8. The van der Waals surface area contributed by atoms with Crippen LogP contribution in [-0.4, -0.2) is 149 Å². The first-order valence-electron chi connectivity index (χ1n) is 24.8. The van der Waals surface area contributed by atoms with E-state index in [1.807, 2.05) is 27.7 Å². The van der Waals surface area contributed by atoms with E-state index in [2.05, 4.69) is 64.6 Å². The Morgan fingerprint density at radius 1 is 0.672 bits per heavy atom. The summed E-state index contributed by atoms with van der Waals surface area (Å²) in [5.41, 5.74) is 3.95. The van der Waals surface area contributed by atoms with Gasteiger partial charge >= 0.3 is 0 Å². The van der Waals surface area contributed by atoms with Crippen LogP contribution in [0.15, 0.2) is 44.6 Å². The van der Waals surface area contributed by atoms with Gasteiger partial charge in [0.15, 0.2) is 11.5 Å². The van der Waals surface area contributed by atoms with Crippen LogP contribution < -0.4 is 19.6 Å². The predicted octanol–water partition coefficient (Wildman–Crippen LogP) is 9.40. The quantitative estimate of drug-likeness (QED) is 0.0451. The number of hydrogen-bond donors (Lipinski definition) is 1. The fourth-order valence-corrected chi connectivity index (χ4v) is 9.03. The summed E-state index contributed by atoms with van der Waals surface area (Å²) in [5, 5.41) is 12.5. The van der Waals surface area contributed by atoms with Gasteiger partial charge in [-0.25, -0.2) is 0 Å². The van der Waals surface area contributed by atoms with E-state index in [1.54, 1.807) is 19.2 Å². The molecule has 0 bridgehead atoms. The van der Waals surface area contributed by atoms with Crippen molar-refractivity contribution in [2.24, 2.45) is 5.92 Å². The largest absolute Gasteiger partial charge is 0.507 e. The van der Waals surface area contributed by atoms with Crippen LogP contribution in [0.5, 0.6) is 23.0 Å². The van der Waals surface area contributed by atoms with Crippen LogP contribution in [0.1, 0.15) is 110 Å². The van der Waals surface area contributed by atoms with Gasteiger partial charge < -0.3 is 48.2 Å². The molecule has 0 saturated carbocycles. The van der Waals surface area contributed by atoms with Gasteiger partial charge in [-0.15, -0.1) is 0 Å². The maximum atomic E-state index is 14.7. The minimum absolute atomic E-state index is 0.0865. The van der Waals surface area contributed by atoms with Gasteiger partial charge in [-0.2, -0.15) is 0 Å². The molecule has 2 saturated heterocycles. The minimum Gasteiger partial charge on any atom is -0.507 e. The molecule has 3 aromatic rings. The third-order valence-electron chi connectivity index (χ3n) is 13.0. The number of piperazine rings is 2. The number of rotatable bonds is 27. The van der Waals surface area contributed by atoms with E-state index in [-0.39, 0.29) is 16.6 Å². The van der Waals surface area contributed by atoms with Crippen LogP contribution in [0.25, 0.3) is 21.9 Å². The summed E-state index contributed by atoms with van der Waals surface area (Å²) in [5.74, 6) is 2.34. The zero-order valence-corrected chi connectivity index (χ0v) is 41.5. The van der Waals surface area contributed by atoms with Gasteiger partial charge in [0.2, 0.25) is 5.43 Å². The maximum Gasteiger partial charge on any atom is 0.204 e. The van der Waals surface area contributed by atoms with E-state index in [0.29, 0.717) is 71.0 Å². The number of allylic oxidation sites excluding steroid dienone is 4. The van der Waals surface area contributed by atoms with Crippen molar-refractivity contribution in [1.82, 2.24) is 24.5 Å². The second-order valence-electron chi connectivity index (χ2n) is 19.6. The van der Waals surface area contributed by atoms with E-state index >= 15 is 0 Å². The molecule has 0 atom stereocenters. The Morgan fingerprint density at radius 3 is 1.61 bits per heavy atom. The molecular formula is C53H85N5O6. The molecule has 64 heavy (non-hydrogen) atoms. The smallest absolute Gasteiger partial charge is 0.204 e. The van der Waals surface area contributed by atoms with Gasteiger partial charge in [0.05, 0.1) is 25.7 Å². The first-order valence-corrected chi connectivity index (χ1v) is 24.8. The SMILES string of the molecule is COc1c(OCCCCN2CCN(CCCCN(C)C)CC2)cc2oc3cc(OCCCCN4CCN(CCCCC(C)C)CC4)c(CC=C(C)C)c(O)c3c(=O)c2c1CC=C(C)C. The molecule has 3 heterocycles. The maximum absolute atomic E-state index is 14.7. The molecule has 11 nitrogen and oxygen atoms in total. The summed E-state index contributed by atoms with van der Waals surface area (Å²) in [6.07, 6.45) is 15.4. The van der Waals surface area contributed by atoms with Gasteiger partial charge in [0.25, 0.3) is 0 Å². The second kappa shape index (κ2) is 26.5. The number of hydrogen-bond acceptors (Lipinski definition) is 11. The summed E-state index contributed by atoms with van der Waals surface area (Å²) >= 11 is 0. The first kappa shape index (κ1) is 51.4. The van der Waals surface area contributed by atoms with Crippen LogP contribution in [0.3, 0.4) is 0 Å². The van der Waals surface area contributed by atoms with Crippen molar-refractivity contribution in [2.45, 2.75) is 112 Å². The zero-order valence-electron chi connectivity index (χ0n) is 41.5. The molecule has 0 aliphatic carbocycles. The number of fused-ring (bicyclic) bond motifs is 2. The van der Waals surface area contributed by atoms with Crippen molar-refractivity contribution >= 4 is 21.9 Å². The number of methoxy groups -OCH3 is 1. The van der Waals surface area contributed by atoms with Crippen molar-refractivity contribution in [2.75, 3.05) is 120 Å². The van der Waals surface area contributed by atoms with Crippen LogP contribution in [0, 0.1) is 5.92 Å². The van der Waals surface area contributed by atoms with E-state index in [0.717, 1.165) is 115 Å². The van der Waals surface area contributed by atoms with Crippen molar-refractivity contribution in [1.29, 1.82) is 0 Å². The fraction of sp³-hybridized carbons (Fsp3) is 0.679. The highest BCUT2D eigenvalue weighted by atomic mass is 16.5. The highest BCUT2D eigenvalue weighted by molar-refractivity contribution is 5.98. The molecule has 0 unspecified atom stereocenters. The minimum atomic E-state index is -0.287. The zero-order chi connectivity index (χ0) is 46.0. The predicted molar refractivity (Wildman–Crippen MR) is 266 cm³/mol. The molecular weight excluding hydrogens is 803 g/mol. The number of aromatic hydroxyl groups is 1. The number of ether oxygens (including phenoxy) is 3. The second-order valence-corrected chi connectivity index (χ2v) is 19.6. The normalized spacial score (nSPS) is 15.7. The highest BCUT2D eigenvalue weighted by Gasteiger charge is 2.25. The number of phenolic OH excluding ortho intramolecular Hbond substituents is 1. The summed E-state index contributed by atoms with van der Waals surface area (Å²) < 4.78 is 25.5. The van der Waals surface area contributed by atoms with Gasteiger partial charge in [0.1, 0.15) is 28.1 Å². The van der Waals surface area contributed by atoms with Crippen LogP contribution in [0.2, 0.25) is 0 Å². The molecule has 11 heteroatoms. The molecule has 0 radical (unpaired) electrons. The number of unbranched alkanes of at least 4 members (excludes halogenated alkanes) is 4. The van der Waals surface area contributed by atoms with E-state index < -0.39 is 0 Å². The van der Waals surface area contributed by atoms with Gasteiger partial charge in [-0.1, -0.05) is 50.0 Å². The lowest BCUT2D eigenvalue weighted by atomic mass is 9.98. The monoisotopic (exact) mass is 888 g/mol. The Hall–Kier alpha value is -3.61. The Morgan fingerprint density at radius 2 is 1.12 bits per heavy atom. The molecule has 1 N–H and O–H groups in total. The topological polar surface area (TPSA) is 94.3 Å². The summed E-state index contributed by atoms with van der Waals surface area (Å²) in [6.45, 7) is 28.5. The Kier molecular flexibility index (Phi) is 21.3. The Bertz CT molecular complexity index is 2000. The Labute approximate surface area is 386 Å². The van der Waals surface area contributed by atoms with Crippen LogP contribution >= 0.6 is 0 Å². The Balaban J connectivity index is 1.26. The van der Waals surface area contributed by atoms with Gasteiger partial charge in [-0.3, -0.25) is 4.79 Å². The van der Waals surface area contributed by atoms with E-state index in [9.17, 15) is 9.90 Å². The average molecular weight is 888 g/mol. The van der Waals surface area contributed by atoms with Crippen molar-refractivity contribution in [3.05, 3.63) is 56.8 Å². The fourth-order valence-electron chi connectivity index (χ4n) is 9.03. The molecule has 2 aliphatic heterocycles. The molecule has 0 spiro atoms. The lowest BCUT2D eigenvalue weighted by molar-refractivity contribution is 0.127. The summed E-state index contributed by atoms with van der Waals surface area (Å²) in [4.78, 5) is 27.3. The number of phenols is 1. The molecule has 2 aromatic carbocycles. The number of benzene rings is 2. The van der Waals surface area contributed by atoms with Gasteiger partial charge in [0, 0.05) is 75.6 Å². The standard InChI is InChI=1S/C53H85N5O6/c1-40(2)18-10-11-24-55-28-32-57(33-29-55)26-14-16-36-62-45-38-47-50(51(59)43(45)21-19-41(3)4)52(60)49-44(22-20-42(5)6)53(61-9)48(39-46(49)64-47)63-37-17-15-27-58-34-30-56(31-35-58)25-13-12-23-54(7)8/h19-20,38-40,59H,10-18,21-37H2,1-9H3. The number of nitrogens with zero attached hydrogens (tertiary/aromatic N) is 5. The third-order valence-corrected chi connectivity index (χ3v) is 13.0. The summed E-state index contributed by atoms with van der Waals surface area (Å²) in [6, 6.07) is 3.59. The summed E-state index contributed by atoms with van der Waals surface area (Å²) in [7, 11) is 5.92. The first-order chi connectivity index (χ1) is 30.8. The van der Waals surface area contributed by atoms with Crippen molar-refractivity contribution in [3.63, 3.8) is 0 Å². The van der Waals surface area contributed by atoms with E-state index in [1.165, 1.54) is 45.2 Å². The van der Waals surface area contributed by atoms with E-state index in [4.69, 9.17) is 18.6 Å². The lowest BCUT2D eigenvalue weighted by Crippen LogP contribution is -2.46. The average Bonchev–Trinajstić information content (AvgIpc) is 3.25. The van der Waals surface area contributed by atoms with Crippen LogP contribution in [0.4, 0.5) is 0 Å². The van der Waals surface area contributed by atoms with Crippen molar-refractivity contribution < 1.29 is 23.7 Å². The van der Waals surface area contributed by atoms with Crippen LogP contribution in [-0.2, 0) is 12.8 Å². The molecule has 2 fully saturated rings. The molecule has 358 valence electrons. The molecule has 5 rings (SSSR count). The molecule has 0 amide bonds. The molecule has 2 aliphatic rings. The van der Waals surface area contributed by atoms with Gasteiger partial charge in [-0.05, 0) is 138 Å². The van der Waals surface area contributed by atoms with Crippen molar-refractivity contribution in [3.8, 4) is 23.0 Å². The highest BCUT2D eigenvalue weighted by Crippen LogP contribution is 2.42. The lowest BCUT2D eigenvalue weighted by Gasteiger charge is -2.34. The molecule has 1 aromatic heterocycles.